The number of nitrogens with zero attached hydrogens (tertiary/aromatic N) is 1. The number of rotatable bonds is 1. The second-order valence-electron chi connectivity index (χ2n) is 5.88. The van der Waals surface area contributed by atoms with Crippen LogP contribution in [0.1, 0.15) is 37.5 Å². The lowest BCUT2D eigenvalue weighted by Crippen LogP contribution is -2.39. The lowest BCUT2D eigenvalue weighted by Gasteiger charge is -2.31. The van der Waals surface area contributed by atoms with E-state index in [9.17, 15) is 4.79 Å². The Morgan fingerprint density at radius 2 is 2.11 bits per heavy atom. The highest BCUT2D eigenvalue weighted by molar-refractivity contribution is 5.68. The van der Waals surface area contributed by atoms with Gasteiger partial charge >= 0.3 is 6.09 Å². The highest BCUT2D eigenvalue weighted by Gasteiger charge is 2.25. The summed E-state index contributed by atoms with van der Waals surface area (Å²) in [6.45, 7) is 10.8. The van der Waals surface area contributed by atoms with Gasteiger partial charge in [0.15, 0.2) is 0 Å². The Bertz CT molecular complexity index is 500. The zero-order valence-electron chi connectivity index (χ0n) is 11.9. The average molecular weight is 259 g/mol. The van der Waals surface area contributed by atoms with Crippen molar-refractivity contribution in [3.05, 3.63) is 41.5 Å². The van der Waals surface area contributed by atoms with Gasteiger partial charge in [0, 0.05) is 13.1 Å². The largest absolute Gasteiger partial charge is 0.444 e. The lowest BCUT2D eigenvalue weighted by molar-refractivity contribution is 0.0224. The SMILES string of the molecule is C=Cc1ccc2c(c1)CCN(C(=O)OC(C)(C)C)C2. The molecule has 3 nitrogen and oxygen atoms in total. The summed E-state index contributed by atoms with van der Waals surface area (Å²) in [6, 6.07) is 6.25. The van der Waals surface area contributed by atoms with Gasteiger partial charge in [-0.15, -0.1) is 0 Å². The first-order valence-electron chi connectivity index (χ1n) is 6.61. The van der Waals surface area contributed by atoms with Gasteiger partial charge in [0.2, 0.25) is 0 Å². The standard InChI is InChI=1S/C16H21NO2/c1-5-12-6-7-14-11-17(9-8-13(14)10-12)15(18)19-16(2,3)4/h5-7,10H,1,8-9,11H2,2-4H3. The molecule has 0 bridgehead atoms. The number of ether oxygens (including phenoxy) is 1. The van der Waals surface area contributed by atoms with Crippen LogP contribution in [-0.2, 0) is 17.7 Å². The molecule has 2 rings (SSSR count). The van der Waals surface area contributed by atoms with Crippen LogP contribution in [-0.4, -0.2) is 23.1 Å². The van der Waals surface area contributed by atoms with Crippen LogP contribution in [0.15, 0.2) is 24.8 Å². The molecule has 0 saturated heterocycles. The zero-order valence-corrected chi connectivity index (χ0v) is 11.9. The molecule has 0 saturated carbocycles. The molecule has 1 heterocycles. The quantitative estimate of drug-likeness (QED) is 0.771. The Kier molecular flexibility index (Phi) is 3.65. The summed E-state index contributed by atoms with van der Waals surface area (Å²) in [4.78, 5) is 13.8. The van der Waals surface area contributed by atoms with E-state index in [0.29, 0.717) is 13.1 Å². The van der Waals surface area contributed by atoms with E-state index in [-0.39, 0.29) is 6.09 Å². The average Bonchev–Trinajstić information content (AvgIpc) is 2.35. The smallest absolute Gasteiger partial charge is 0.410 e. The molecule has 3 heteroatoms. The third-order valence-corrected chi connectivity index (χ3v) is 3.13. The monoisotopic (exact) mass is 259 g/mol. The molecule has 0 fully saturated rings. The Hall–Kier alpha value is -1.77. The maximum atomic E-state index is 12.0. The topological polar surface area (TPSA) is 29.5 Å². The van der Waals surface area contributed by atoms with Gasteiger partial charge in [-0.25, -0.2) is 4.79 Å². The summed E-state index contributed by atoms with van der Waals surface area (Å²) in [7, 11) is 0. The fourth-order valence-electron chi connectivity index (χ4n) is 2.18. The van der Waals surface area contributed by atoms with Crippen LogP contribution >= 0.6 is 0 Å². The van der Waals surface area contributed by atoms with Crippen molar-refractivity contribution in [3.63, 3.8) is 0 Å². The Balaban J connectivity index is 2.10. The first-order valence-corrected chi connectivity index (χ1v) is 6.61. The Morgan fingerprint density at radius 3 is 2.74 bits per heavy atom. The molecule has 0 spiro atoms. The Labute approximate surface area is 114 Å². The first-order chi connectivity index (χ1) is 8.89. The third kappa shape index (κ3) is 3.37. The number of hydrogen-bond acceptors (Lipinski definition) is 2. The molecule has 1 aromatic carbocycles. The van der Waals surface area contributed by atoms with Crippen LogP contribution in [0.2, 0.25) is 0 Å². The van der Waals surface area contributed by atoms with E-state index >= 15 is 0 Å². The number of carbonyl (C=O) groups excluding carboxylic acids is 1. The molecule has 1 aromatic rings. The predicted octanol–water partition coefficient (Wildman–Crippen LogP) is 3.62. The van der Waals surface area contributed by atoms with E-state index in [1.807, 2.05) is 32.9 Å². The van der Waals surface area contributed by atoms with Crippen LogP contribution in [0.25, 0.3) is 6.08 Å². The maximum absolute atomic E-state index is 12.0. The van der Waals surface area contributed by atoms with E-state index in [0.717, 1.165) is 12.0 Å². The number of hydrogen-bond donors (Lipinski definition) is 0. The zero-order chi connectivity index (χ0) is 14.0. The van der Waals surface area contributed by atoms with Gasteiger partial charge in [-0.05, 0) is 43.9 Å². The van der Waals surface area contributed by atoms with E-state index < -0.39 is 5.60 Å². The van der Waals surface area contributed by atoms with Crippen molar-refractivity contribution in [1.29, 1.82) is 0 Å². The maximum Gasteiger partial charge on any atom is 0.410 e. The van der Waals surface area contributed by atoms with Crippen molar-refractivity contribution in [2.75, 3.05) is 6.54 Å². The summed E-state index contributed by atoms with van der Waals surface area (Å²) in [5.74, 6) is 0. The first kappa shape index (κ1) is 13.7. The minimum atomic E-state index is -0.440. The summed E-state index contributed by atoms with van der Waals surface area (Å²) < 4.78 is 5.41. The fraction of sp³-hybridized carbons (Fsp3) is 0.438. The molecule has 1 aliphatic rings. The third-order valence-electron chi connectivity index (χ3n) is 3.13. The van der Waals surface area contributed by atoms with E-state index in [4.69, 9.17) is 4.74 Å². The second-order valence-corrected chi connectivity index (χ2v) is 5.88. The summed E-state index contributed by atoms with van der Waals surface area (Å²) in [6.07, 6.45) is 2.49. The molecule has 102 valence electrons. The molecule has 0 radical (unpaired) electrons. The minimum absolute atomic E-state index is 0.231. The van der Waals surface area contributed by atoms with Gasteiger partial charge in [-0.3, -0.25) is 0 Å². The molecule has 0 aromatic heterocycles. The second kappa shape index (κ2) is 5.08. The van der Waals surface area contributed by atoms with Crippen LogP contribution in [0.4, 0.5) is 4.79 Å². The van der Waals surface area contributed by atoms with Gasteiger partial charge in [0.1, 0.15) is 5.60 Å². The van der Waals surface area contributed by atoms with Gasteiger partial charge in [-0.2, -0.15) is 0 Å². The van der Waals surface area contributed by atoms with Crippen LogP contribution in [0, 0.1) is 0 Å². The molecule has 1 amide bonds. The van der Waals surface area contributed by atoms with Crippen LogP contribution in [0.5, 0.6) is 0 Å². The molecule has 1 aliphatic heterocycles. The molecule has 0 N–H and O–H groups in total. The van der Waals surface area contributed by atoms with Crippen molar-refractivity contribution in [2.45, 2.75) is 39.3 Å². The van der Waals surface area contributed by atoms with Crippen LogP contribution in [0.3, 0.4) is 0 Å². The summed E-state index contributed by atoms with van der Waals surface area (Å²) in [5.41, 5.74) is 3.19. The number of benzene rings is 1. The normalized spacial score (nSPS) is 14.8. The molecule has 0 atom stereocenters. The van der Waals surface area contributed by atoms with E-state index in [1.165, 1.54) is 11.1 Å². The molecule has 0 aliphatic carbocycles. The lowest BCUT2D eigenvalue weighted by atomic mass is 9.97. The number of fused-ring (bicyclic) bond motifs is 1. The molecular formula is C16H21NO2. The number of carbonyl (C=O) groups is 1. The van der Waals surface area contributed by atoms with Gasteiger partial charge in [0.05, 0.1) is 0 Å². The highest BCUT2D eigenvalue weighted by Crippen LogP contribution is 2.22. The van der Waals surface area contributed by atoms with Gasteiger partial charge in [-0.1, -0.05) is 30.9 Å². The minimum Gasteiger partial charge on any atom is -0.444 e. The molecular weight excluding hydrogens is 238 g/mol. The van der Waals surface area contributed by atoms with E-state index in [1.54, 1.807) is 4.90 Å². The summed E-state index contributed by atoms with van der Waals surface area (Å²) >= 11 is 0. The van der Waals surface area contributed by atoms with Crippen molar-refractivity contribution in [1.82, 2.24) is 4.90 Å². The predicted molar refractivity (Wildman–Crippen MR) is 76.9 cm³/mol. The van der Waals surface area contributed by atoms with Crippen molar-refractivity contribution >= 4 is 12.2 Å². The molecule has 0 unspecified atom stereocenters. The Morgan fingerprint density at radius 1 is 1.37 bits per heavy atom. The van der Waals surface area contributed by atoms with Crippen LogP contribution < -0.4 is 0 Å². The summed E-state index contributed by atoms with van der Waals surface area (Å²) in [5, 5.41) is 0. The van der Waals surface area contributed by atoms with Gasteiger partial charge < -0.3 is 9.64 Å². The molecule has 19 heavy (non-hydrogen) atoms. The van der Waals surface area contributed by atoms with Gasteiger partial charge in [0.25, 0.3) is 0 Å². The number of amides is 1. The van der Waals surface area contributed by atoms with E-state index in [2.05, 4.69) is 18.7 Å². The highest BCUT2D eigenvalue weighted by atomic mass is 16.6. The van der Waals surface area contributed by atoms with Crippen molar-refractivity contribution < 1.29 is 9.53 Å². The van der Waals surface area contributed by atoms with Crippen molar-refractivity contribution in [2.24, 2.45) is 0 Å². The van der Waals surface area contributed by atoms with Crippen molar-refractivity contribution in [3.8, 4) is 0 Å². The fourth-order valence-corrected chi connectivity index (χ4v) is 2.18.